The van der Waals surface area contributed by atoms with Gasteiger partial charge in [0.1, 0.15) is 18.1 Å². The van der Waals surface area contributed by atoms with Crippen molar-refractivity contribution in [2.45, 2.75) is 0 Å². The molecule has 0 aliphatic heterocycles. The van der Waals surface area contributed by atoms with Gasteiger partial charge in [0.05, 0.1) is 19.9 Å². The lowest BCUT2D eigenvalue weighted by Crippen LogP contribution is -2.27. The van der Waals surface area contributed by atoms with Gasteiger partial charge in [0, 0.05) is 6.07 Å². The average molecular weight is 262 g/mol. The fraction of sp³-hybridized carbons (Fsp3) is 0.231. The van der Waals surface area contributed by atoms with Crippen molar-refractivity contribution in [3.63, 3.8) is 0 Å². The molecular formula is C13H14N2O4. The quantitative estimate of drug-likeness (QED) is 0.798. The maximum Gasteiger partial charge on any atom is 0.290 e. The number of aromatic nitrogens is 1. The first kappa shape index (κ1) is 12.9. The number of rotatable bonds is 6. The smallest absolute Gasteiger partial charge is 0.290 e. The lowest BCUT2D eigenvalue weighted by atomic mass is 10.3. The molecule has 1 heterocycles. The summed E-state index contributed by atoms with van der Waals surface area (Å²) >= 11 is 0. The van der Waals surface area contributed by atoms with Gasteiger partial charge in [0.2, 0.25) is 5.76 Å². The molecule has 0 saturated carbocycles. The van der Waals surface area contributed by atoms with Crippen molar-refractivity contribution >= 4 is 5.91 Å². The molecule has 0 aliphatic carbocycles. The molecule has 0 bridgehead atoms. The molecule has 100 valence electrons. The van der Waals surface area contributed by atoms with Crippen LogP contribution in [-0.4, -0.2) is 31.3 Å². The highest BCUT2D eigenvalue weighted by Crippen LogP contribution is 2.16. The Bertz CT molecular complexity index is 508. The van der Waals surface area contributed by atoms with E-state index < -0.39 is 0 Å². The fourth-order valence-electron chi connectivity index (χ4n) is 1.43. The zero-order chi connectivity index (χ0) is 13.5. The summed E-state index contributed by atoms with van der Waals surface area (Å²) in [5.74, 6) is 1.36. The number of carbonyl (C=O) groups excluding carboxylic acids is 1. The highest BCUT2D eigenvalue weighted by molar-refractivity contribution is 5.91. The number of nitrogens with zero attached hydrogens (tertiary/aromatic N) is 1. The summed E-state index contributed by atoms with van der Waals surface area (Å²) in [5.41, 5.74) is 0. The van der Waals surface area contributed by atoms with Crippen molar-refractivity contribution in [1.82, 2.24) is 10.5 Å². The van der Waals surface area contributed by atoms with Crippen LogP contribution in [0, 0.1) is 0 Å². The van der Waals surface area contributed by atoms with Crippen LogP contribution in [0.4, 0.5) is 0 Å². The molecular weight excluding hydrogens is 248 g/mol. The zero-order valence-electron chi connectivity index (χ0n) is 10.5. The van der Waals surface area contributed by atoms with Crippen molar-refractivity contribution in [3.05, 3.63) is 42.3 Å². The first-order valence-corrected chi connectivity index (χ1v) is 5.75. The summed E-state index contributed by atoms with van der Waals surface area (Å²) in [6, 6.07) is 8.72. The Morgan fingerprint density at radius 3 is 2.63 bits per heavy atom. The van der Waals surface area contributed by atoms with Gasteiger partial charge in [-0.2, -0.15) is 0 Å². The summed E-state index contributed by atoms with van der Waals surface area (Å²) in [6.07, 6.45) is 1.42. The molecule has 6 heteroatoms. The topological polar surface area (TPSA) is 73.6 Å². The molecule has 0 unspecified atom stereocenters. The monoisotopic (exact) mass is 262 g/mol. The first-order chi connectivity index (χ1) is 9.29. The maximum absolute atomic E-state index is 11.5. The van der Waals surface area contributed by atoms with Crippen molar-refractivity contribution < 1.29 is 18.8 Å². The van der Waals surface area contributed by atoms with Crippen molar-refractivity contribution in [1.29, 1.82) is 0 Å². The molecule has 19 heavy (non-hydrogen) atoms. The van der Waals surface area contributed by atoms with Gasteiger partial charge in [-0.05, 0) is 24.3 Å². The fourth-order valence-corrected chi connectivity index (χ4v) is 1.43. The van der Waals surface area contributed by atoms with Crippen LogP contribution in [0.1, 0.15) is 10.6 Å². The number of ether oxygens (including phenoxy) is 2. The zero-order valence-corrected chi connectivity index (χ0v) is 10.5. The molecule has 2 rings (SSSR count). The minimum Gasteiger partial charge on any atom is -0.497 e. The Kier molecular flexibility index (Phi) is 4.39. The van der Waals surface area contributed by atoms with E-state index in [1.807, 2.05) is 12.1 Å². The number of hydrogen-bond acceptors (Lipinski definition) is 5. The van der Waals surface area contributed by atoms with Gasteiger partial charge in [-0.25, -0.2) is 0 Å². The van der Waals surface area contributed by atoms with E-state index in [1.54, 1.807) is 19.2 Å². The molecule has 1 aromatic heterocycles. The molecule has 1 N–H and O–H groups in total. The second kappa shape index (κ2) is 6.44. The van der Waals surface area contributed by atoms with Crippen LogP contribution < -0.4 is 14.8 Å². The third-order valence-corrected chi connectivity index (χ3v) is 2.38. The lowest BCUT2D eigenvalue weighted by molar-refractivity contribution is 0.0910. The number of amides is 1. The van der Waals surface area contributed by atoms with Gasteiger partial charge < -0.3 is 19.3 Å². The Morgan fingerprint density at radius 1 is 1.26 bits per heavy atom. The number of carbonyl (C=O) groups is 1. The van der Waals surface area contributed by atoms with E-state index in [2.05, 4.69) is 10.5 Å². The Hall–Kier alpha value is -2.50. The highest BCUT2D eigenvalue weighted by atomic mass is 16.5. The molecule has 6 nitrogen and oxygen atoms in total. The molecule has 1 aromatic carbocycles. The summed E-state index contributed by atoms with van der Waals surface area (Å²) in [6.45, 7) is 0.748. The SMILES string of the molecule is COc1ccc(OCCNC(=O)c2ccno2)cc1. The normalized spacial score (nSPS) is 9.95. The predicted octanol–water partition coefficient (Wildman–Crippen LogP) is 1.49. The number of hydrogen-bond donors (Lipinski definition) is 1. The van der Waals surface area contributed by atoms with Gasteiger partial charge in [-0.3, -0.25) is 4.79 Å². The molecule has 0 saturated heterocycles. The summed E-state index contributed by atoms with van der Waals surface area (Å²) in [5, 5.41) is 6.11. The van der Waals surface area contributed by atoms with E-state index in [9.17, 15) is 4.79 Å². The molecule has 0 fully saturated rings. The number of benzene rings is 1. The summed E-state index contributed by atoms with van der Waals surface area (Å²) < 4.78 is 15.2. The lowest BCUT2D eigenvalue weighted by Gasteiger charge is -2.07. The maximum atomic E-state index is 11.5. The van der Waals surface area contributed by atoms with E-state index in [4.69, 9.17) is 14.0 Å². The van der Waals surface area contributed by atoms with E-state index in [-0.39, 0.29) is 11.7 Å². The molecule has 0 radical (unpaired) electrons. The number of methoxy groups -OCH3 is 1. The second-order valence-corrected chi connectivity index (χ2v) is 3.66. The van der Waals surface area contributed by atoms with Crippen molar-refractivity contribution in [2.75, 3.05) is 20.3 Å². The van der Waals surface area contributed by atoms with Gasteiger partial charge in [0.15, 0.2) is 0 Å². The Labute approximate surface area is 110 Å². The third-order valence-electron chi connectivity index (χ3n) is 2.38. The van der Waals surface area contributed by atoms with Crippen molar-refractivity contribution in [3.8, 4) is 11.5 Å². The van der Waals surface area contributed by atoms with Gasteiger partial charge in [0.25, 0.3) is 5.91 Å². The Morgan fingerprint density at radius 2 is 2.00 bits per heavy atom. The Balaban J connectivity index is 1.70. The largest absolute Gasteiger partial charge is 0.497 e. The van der Waals surface area contributed by atoms with Gasteiger partial charge >= 0.3 is 0 Å². The number of nitrogens with one attached hydrogen (secondary N) is 1. The summed E-state index contributed by atoms with van der Waals surface area (Å²) in [4.78, 5) is 11.5. The first-order valence-electron chi connectivity index (χ1n) is 5.75. The van der Waals surface area contributed by atoms with Crippen LogP contribution >= 0.6 is 0 Å². The van der Waals surface area contributed by atoms with Crippen LogP contribution in [0.3, 0.4) is 0 Å². The summed E-state index contributed by atoms with van der Waals surface area (Å²) in [7, 11) is 1.61. The van der Waals surface area contributed by atoms with Crippen molar-refractivity contribution in [2.24, 2.45) is 0 Å². The van der Waals surface area contributed by atoms with Gasteiger partial charge in [-0.1, -0.05) is 5.16 Å². The van der Waals surface area contributed by atoms with Crippen LogP contribution in [-0.2, 0) is 0 Å². The molecule has 2 aromatic rings. The molecule has 0 atom stereocenters. The van der Waals surface area contributed by atoms with Gasteiger partial charge in [-0.15, -0.1) is 0 Å². The van der Waals surface area contributed by atoms with E-state index >= 15 is 0 Å². The minimum absolute atomic E-state index is 0.185. The van der Waals surface area contributed by atoms with Crippen LogP contribution in [0.2, 0.25) is 0 Å². The van der Waals surface area contributed by atoms with Crippen LogP contribution in [0.15, 0.2) is 41.1 Å². The minimum atomic E-state index is -0.309. The predicted molar refractivity (Wildman–Crippen MR) is 67.3 cm³/mol. The molecule has 0 spiro atoms. The van der Waals surface area contributed by atoms with E-state index in [1.165, 1.54) is 12.3 Å². The standard InChI is InChI=1S/C13H14N2O4/c1-17-10-2-4-11(5-3-10)18-9-8-14-13(16)12-6-7-15-19-12/h2-7H,8-9H2,1H3,(H,14,16). The molecule has 1 amide bonds. The highest BCUT2D eigenvalue weighted by Gasteiger charge is 2.08. The average Bonchev–Trinajstić information content (AvgIpc) is 2.98. The second-order valence-electron chi connectivity index (χ2n) is 3.66. The van der Waals surface area contributed by atoms with E-state index in [0.717, 1.165) is 11.5 Å². The van der Waals surface area contributed by atoms with Crippen LogP contribution in [0.5, 0.6) is 11.5 Å². The molecule has 0 aliphatic rings. The van der Waals surface area contributed by atoms with E-state index in [0.29, 0.717) is 13.2 Å². The van der Waals surface area contributed by atoms with Crippen LogP contribution in [0.25, 0.3) is 0 Å². The third kappa shape index (κ3) is 3.74.